The summed E-state index contributed by atoms with van der Waals surface area (Å²) in [5, 5.41) is 0.917. The number of hydrogen-bond donors (Lipinski definition) is 1. The van der Waals surface area contributed by atoms with Crippen molar-refractivity contribution in [3.05, 3.63) is 30.0 Å². The summed E-state index contributed by atoms with van der Waals surface area (Å²) in [6, 6.07) is 3.72. The van der Waals surface area contributed by atoms with Gasteiger partial charge in [-0.25, -0.2) is 4.98 Å². The van der Waals surface area contributed by atoms with Crippen LogP contribution >= 0.6 is 11.8 Å². The molecule has 0 atom stereocenters. The highest BCUT2D eigenvalue weighted by molar-refractivity contribution is 7.99. The average molecular weight is 194 g/mol. The summed E-state index contributed by atoms with van der Waals surface area (Å²) in [5.74, 6) is 0.934. The van der Waals surface area contributed by atoms with Crippen molar-refractivity contribution in [3.8, 4) is 0 Å². The molecule has 2 N–H and O–H groups in total. The number of pyridine rings is 1. The topological polar surface area (TPSA) is 38.9 Å². The first kappa shape index (κ1) is 10.1. The quantitative estimate of drug-likeness (QED) is 0.594. The summed E-state index contributed by atoms with van der Waals surface area (Å²) in [6.07, 6.45) is 3.93. The molecule has 0 radical (unpaired) electrons. The Morgan fingerprint density at radius 3 is 3.00 bits per heavy atom. The van der Waals surface area contributed by atoms with Gasteiger partial charge in [-0.05, 0) is 26.0 Å². The zero-order chi connectivity index (χ0) is 9.68. The number of aromatic nitrogens is 1. The van der Waals surface area contributed by atoms with Crippen LogP contribution in [0.1, 0.15) is 13.8 Å². The summed E-state index contributed by atoms with van der Waals surface area (Å²) in [6.45, 7) is 4.17. The molecule has 0 aromatic carbocycles. The Balaban J connectivity index is 2.55. The van der Waals surface area contributed by atoms with E-state index in [4.69, 9.17) is 5.73 Å². The molecular formula is C10H14N2S. The van der Waals surface area contributed by atoms with Crippen LogP contribution in [0, 0.1) is 0 Å². The highest BCUT2D eigenvalue weighted by atomic mass is 32.2. The van der Waals surface area contributed by atoms with Gasteiger partial charge in [-0.15, -0.1) is 11.8 Å². The molecule has 70 valence electrons. The zero-order valence-corrected chi connectivity index (χ0v) is 8.77. The minimum atomic E-state index is 0.759. The van der Waals surface area contributed by atoms with E-state index >= 15 is 0 Å². The number of nitrogen functional groups attached to an aromatic ring is 1. The predicted octanol–water partition coefficient (Wildman–Crippen LogP) is 2.72. The average Bonchev–Trinajstić information content (AvgIpc) is 2.08. The van der Waals surface area contributed by atoms with Gasteiger partial charge in [-0.1, -0.05) is 11.6 Å². The van der Waals surface area contributed by atoms with Crippen molar-refractivity contribution < 1.29 is 0 Å². The van der Waals surface area contributed by atoms with Gasteiger partial charge in [0.2, 0.25) is 0 Å². The predicted molar refractivity (Wildman–Crippen MR) is 58.8 cm³/mol. The molecule has 0 unspecified atom stereocenters. The maximum Gasteiger partial charge on any atom is 0.119 e. The molecule has 0 aliphatic carbocycles. The lowest BCUT2D eigenvalue weighted by Crippen LogP contribution is -1.90. The largest absolute Gasteiger partial charge is 0.397 e. The highest BCUT2D eigenvalue weighted by Gasteiger charge is 1.97. The summed E-state index contributed by atoms with van der Waals surface area (Å²) in [4.78, 5) is 4.18. The fourth-order valence-electron chi connectivity index (χ4n) is 0.811. The molecule has 1 aromatic rings. The second kappa shape index (κ2) is 4.92. The smallest absolute Gasteiger partial charge is 0.119 e. The van der Waals surface area contributed by atoms with Crippen molar-refractivity contribution in [1.29, 1.82) is 0 Å². The van der Waals surface area contributed by atoms with E-state index in [0.29, 0.717) is 0 Å². The summed E-state index contributed by atoms with van der Waals surface area (Å²) < 4.78 is 0. The van der Waals surface area contributed by atoms with Crippen LogP contribution in [0.25, 0.3) is 0 Å². The monoisotopic (exact) mass is 194 g/mol. The van der Waals surface area contributed by atoms with Gasteiger partial charge in [-0.2, -0.15) is 0 Å². The van der Waals surface area contributed by atoms with E-state index in [9.17, 15) is 0 Å². The lowest BCUT2D eigenvalue weighted by molar-refractivity contribution is 1.14. The number of nitrogens with zero attached hydrogens (tertiary/aromatic N) is 1. The Hall–Kier alpha value is -0.960. The van der Waals surface area contributed by atoms with E-state index in [-0.39, 0.29) is 0 Å². The van der Waals surface area contributed by atoms with Crippen LogP contribution in [0.15, 0.2) is 35.0 Å². The molecule has 0 aliphatic heterocycles. The maximum absolute atomic E-state index is 5.73. The summed E-state index contributed by atoms with van der Waals surface area (Å²) >= 11 is 1.66. The third-order valence-corrected chi connectivity index (χ3v) is 2.46. The second-order valence-corrected chi connectivity index (χ2v) is 4.00. The lowest BCUT2D eigenvalue weighted by atomic mass is 10.3. The number of anilines is 1. The standard InChI is InChI=1S/C10H14N2S/c1-8(2)5-7-13-10-9(11)4-3-6-12-10/h3-6H,7,11H2,1-2H3. The van der Waals surface area contributed by atoms with Crippen LogP contribution in [-0.2, 0) is 0 Å². The Kier molecular flexibility index (Phi) is 3.83. The van der Waals surface area contributed by atoms with Gasteiger partial charge in [0.15, 0.2) is 0 Å². The van der Waals surface area contributed by atoms with Crippen molar-refractivity contribution in [2.24, 2.45) is 0 Å². The molecule has 13 heavy (non-hydrogen) atoms. The third kappa shape index (κ3) is 3.51. The Bertz CT molecular complexity index is 304. The molecule has 0 fully saturated rings. The molecule has 0 saturated heterocycles. The Labute approximate surface area is 83.2 Å². The molecule has 0 spiro atoms. The molecule has 0 aliphatic rings. The molecule has 1 heterocycles. The van der Waals surface area contributed by atoms with E-state index in [1.165, 1.54) is 5.57 Å². The molecule has 1 rings (SSSR count). The summed E-state index contributed by atoms with van der Waals surface area (Å²) in [7, 11) is 0. The van der Waals surface area contributed by atoms with Gasteiger partial charge in [0.05, 0.1) is 5.69 Å². The SMILES string of the molecule is CC(C)=CCSc1ncccc1N. The van der Waals surface area contributed by atoms with Crippen molar-refractivity contribution in [3.63, 3.8) is 0 Å². The molecule has 1 aromatic heterocycles. The molecule has 0 bridgehead atoms. The molecule has 0 saturated carbocycles. The third-order valence-electron chi connectivity index (χ3n) is 1.51. The van der Waals surface area contributed by atoms with Crippen molar-refractivity contribution >= 4 is 17.4 Å². The van der Waals surface area contributed by atoms with E-state index in [0.717, 1.165) is 16.5 Å². The fourth-order valence-corrected chi connectivity index (χ4v) is 1.76. The number of thioether (sulfide) groups is 1. The second-order valence-electron chi connectivity index (χ2n) is 2.99. The lowest BCUT2D eigenvalue weighted by Gasteiger charge is -2.00. The Morgan fingerprint density at radius 2 is 2.38 bits per heavy atom. The highest BCUT2D eigenvalue weighted by Crippen LogP contribution is 2.21. The number of rotatable bonds is 3. The van der Waals surface area contributed by atoms with Crippen LogP contribution in [0.5, 0.6) is 0 Å². The van der Waals surface area contributed by atoms with Gasteiger partial charge < -0.3 is 5.73 Å². The van der Waals surface area contributed by atoms with E-state index in [1.54, 1.807) is 18.0 Å². The number of allylic oxidation sites excluding steroid dienone is 1. The van der Waals surface area contributed by atoms with Crippen LogP contribution < -0.4 is 5.73 Å². The van der Waals surface area contributed by atoms with Gasteiger partial charge in [0.1, 0.15) is 5.03 Å². The van der Waals surface area contributed by atoms with Crippen molar-refractivity contribution in [1.82, 2.24) is 4.98 Å². The first-order valence-corrected chi connectivity index (χ1v) is 5.15. The Morgan fingerprint density at radius 1 is 1.62 bits per heavy atom. The van der Waals surface area contributed by atoms with Crippen LogP contribution in [-0.4, -0.2) is 10.7 Å². The minimum Gasteiger partial charge on any atom is -0.397 e. The van der Waals surface area contributed by atoms with Gasteiger partial charge in [-0.3, -0.25) is 0 Å². The maximum atomic E-state index is 5.73. The van der Waals surface area contributed by atoms with Gasteiger partial charge >= 0.3 is 0 Å². The summed E-state index contributed by atoms with van der Waals surface area (Å²) in [5.41, 5.74) is 7.81. The zero-order valence-electron chi connectivity index (χ0n) is 7.95. The number of nitrogens with two attached hydrogens (primary N) is 1. The van der Waals surface area contributed by atoms with E-state index < -0.39 is 0 Å². The molecular weight excluding hydrogens is 180 g/mol. The molecule has 3 heteroatoms. The van der Waals surface area contributed by atoms with Crippen LogP contribution in [0.3, 0.4) is 0 Å². The van der Waals surface area contributed by atoms with Crippen LogP contribution in [0.2, 0.25) is 0 Å². The van der Waals surface area contributed by atoms with Crippen molar-refractivity contribution in [2.75, 3.05) is 11.5 Å². The first-order chi connectivity index (χ1) is 6.20. The molecule has 0 amide bonds. The van der Waals surface area contributed by atoms with E-state index in [2.05, 4.69) is 24.9 Å². The van der Waals surface area contributed by atoms with E-state index in [1.807, 2.05) is 12.1 Å². The molecule has 2 nitrogen and oxygen atoms in total. The van der Waals surface area contributed by atoms with Crippen molar-refractivity contribution in [2.45, 2.75) is 18.9 Å². The van der Waals surface area contributed by atoms with Gasteiger partial charge in [0, 0.05) is 11.9 Å². The fraction of sp³-hybridized carbons (Fsp3) is 0.300. The van der Waals surface area contributed by atoms with Gasteiger partial charge in [0.25, 0.3) is 0 Å². The number of hydrogen-bond acceptors (Lipinski definition) is 3. The minimum absolute atomic E-state index is 0.759. The van der Waals surface area contributed by atoms with Crippen LogP contribution in [0.4, 0.5) is 5.69 Å². The first-order valence-electron chi connectivity index (χ1n) is 4.17. The normalized spacial score (nSPS) is 9.69.